The minimum Gasteiger partial charge on any atom is -0.316 e. The molecule has 1 aliphatic rings. The predicted octanol–water partition coefficient (Wildman–Crippen LogP) is 2.67. The molecule has 1 N–H and O–H groups in total. The van der Waals surface area contributed by atoms with Crippen molar-refractivity contribution in [3.8, 4) is 0 Å². The summed E-state index contributed by atoms with van der Waals surface area (Å²) in [6, 6.07) is 0. The van der Waals surface area contributed by atoms with Gasteiger partial charge in [-0.3, -0.25) is 0 Å². The molecule has 0 aromatic rings. The van der Waals surface area contributed by atoms with E-state index in [-0.39, 0.29) is 12.3 Å². The SMILES string of the molecule is CC1CNCCC1(F)CCC(F)(F)F. The van der Waals surface area contributed by atoms with Crippen LogP contribution in [0, 0.1) is 5.92 Å². The molecule has 84 valence electrons. The standard InChI is InChI=1S/C9H15F4N/c1-7-6-14-5-4-8(7,10)2-3-9(11,12)13/h7,14H,2-6H2,1H3. The Bertz CT molecular complexity index is 192. The van der Waals surface area contributed by atoms with E-state index >= 15 is 0 Å². The third-order valence-electron chi connectivity index (χ3n) is 2.88. The van der Waals surface area contributed by atoms with Gasteiger partial charge in [-0.25, -0.2) is 4.39 Å². The zero-order valence-electron chi connectivity index (χ0n) is 8.12. The van der Waals surface area contributed by atoms with Crippen molar-refractivity contribution in [3.05, 3.63) is 0 Å². The third-order valence-corrected chi connectivity index (χ3v) is 2.88. The highest BCUT2D eigenvalue weighted by Crippen LogP contribution is 2.36. The summed E-state index contributed by atoms with van der Waals surface area (Å²) in [6.45, 7) is 2.59. The van der Waals surface area contributed by atoms with E-state index in [0.29, 0.717) is 13.1 Å². The van der Waals surface area contributed by atoms with Gasteiger partial charge < -0.3 is 5.32 Å². The molecule has 0 aliphatic carbocycles. The summed E-state index contributed by atoms with van der Waals surface area (Å²) in [5.41, 5.74) is -1.64. The lowest BCUT2D eigenvalue weighted by atomic mass is 9.81. The number of nitrogens with one attached hydrogen (secondary N) is 1. The Morgan fingerprint density at radius 2 is 2.07 bits per heavy atom. The number of hydrogen-bond acceptors (Lipinski definition) is 1. The van der Waals surface area contributed by atoms with Crippen molar-refractivity contribution >= 4 is 0 Å². The van der Waals surface area contributed by atoms with Crippen LogP contribution in [0.25, 0.3) is 0 Å². The molecule has 0 amide bonds. The molecule has 0 aromatic carbocycles. The van der Waals surface area contributed by atoms with Crippen molar-refractivity contribution in [2.24, 2.45) is 5.92 Å². The van der Waals surface area contributed by atoms with Gasteiger partial charge in [0.25, 0.3) is 0 Å². The lowest BCUT2D eigenvalue weighted by Crippen LogP contribution is -2.46. The van der Waals surface area contributed by atoms with Crippen molar-refractivity contribution in [1.82, 2.24) is 5.32 Å². The number of hydrogen-bond donors (Lipinski definition) is 1. The molecule has 0 radical (unpaired) electrons. The average Bonchev–Trinajstić information content (AvgIpc) is 2.06. The highest BCUT2D eigenvalue weighted by molar-refractivity contribution is 4.90. The van der Waals surface area contributed by atoms with Gasteiger partial charge in [-0.05, 0) is 19.4 Å². The van der Waals surface area contributed by atoms with Gasteiger partial charge in [-0.2, -0.15) is 13.2 Å². The van der Waals surface area contributed by atoms with Crippen LogP contribution < -0.4 is 5.32 Å². The number of rotatable bonds is 2. The van der Waals surface area contributed by atoms with Gasteiger partial charge in [0.05, 0.1) is 0 Å². The second kappa shape index (κ2) is 4.04. The highest BCUT2D eigenvalue weighted by Gasteiger charge is 2.41. The summed E-state index contributed by atoms with van der Waals surface area (Å²) in [6.07, 6.45) is -5.49. The lowest BCUT2D eigenvalue weighted by Gasteiger charge is -2.36. The summed E-state index contributed by atoms with van der Waals surface area (Å²) >= 11 is 0. The first kappa shape index (κ1) is 11.8. The van der Waals surface area contributed by atoms with Crippen LogP contribution in [0.3, 0.4) is 0 Å². The Morgan fingerprint density at radius 1 is 1.43 bits per heavy atom. The fourth-order valence-corrected chi connectivity index (χ4v) is 1.77. The molecule has 0 bridgehead atoms. The molecule has 0 saturated carbocycles. The molecule has 1 fully saturated rings. The van der Waals surface area contributed by atoms with E-state index in [1.807, 2.05) is 0 Å². The van der Waals surface area contributed by atoms with Crippen molar-refractivity contribution in [2.45, 2.75) is 38.0 Å². The van der Waals surface area contributed by atoms with Crippen LogP contribution in [-0.4, -0.2) is 24.9 Å². The van der Waals surface area contributed by atoms with Crippen molar-refractivity contribution in [2.75, 3.05) is 13.1 Å². The monoisotopic (exact) mass is 213 g/mol. The zero-order valence-corrected chi connectivity index (χ0v) is 8.12. The van der Waals surface area contributed by atoms with E-state index in [1.165, 1.54) is 0 Å². The van der Waals surface area contributed by atoms with E-state index in [2.05, 4.69) is 5.32 Å². The van der Waals surface area contributed by atoms with E-state index < -0.39 is 24.7 Å². The molecule has 14 heavy (non-hydrogen) atoms. The van der Waals surface area contributed by atoms with Gasteiger partial charge >= 0.3 is 6.18 Å². The largest absolute Gasteiger partial charge is 0.389 e. The lowest BCUT2D eigenvalue weighted by molar-refractivity contribution is -0.145. The van der Waals surface area contributed by atoms with Crippen LogP contribution in [0.4, 0.5) is 17.6 Å². The first-order valence-electron chi connectivity index (χ1n) is 4.80. The first-order valence-corrected chi connectivity index (χ1v) is 4.80. The molecule has 0 aromatic heterocycles. The summed E-state index contributed by atoms with van der Waals surface area (Å²) < 4.78 is 49.7. The third kappa shape index (κ3) is 3.12. The first-order chi connectivity index (χ1) is 6.33. The quantitative estimate of drug-likeness (QED) is 0.695. The Morgan fingerprint density at radius 3 is 2.57 bits per heavy atom. The predicted molar refractivity (Wildman–Crippen MR) is 45.8 cm³/mol. The summed E-state index contributed by atoms with van der Waals surface area (Å²) in [4.78, 5) is 0. The van der Waals surface area contributed by atoms with Crippen molar-refractivity contribution < 1.29 is 17.6 Å². The van der Waals surface area contributed by atoms with Gasteiger partial charge in [-0.15, -0.1) is 0 Å². The van der Waals surface area contributed by atoms with Gasteiger partial charge in [0, 0.05) is 18.9 Å². The van der Waals surface area contributed by atoms with Crippen LogP contribution in [-0.2, 0) is 0 Å². The molecule has 1 saturated heterocycles. The topological polar surface area (TPSA) is 12.0 Å². The highest BCUT2D eigenvalue weighted by atomic mass is 19.4. The molecule has 2 atom stereocenters. The van der Waals surface area contributed by atoms with Crippen LogP contribution in [0.15, 0.2) is 0 Å². The molecule has 2 unspecified atom stereocenters. The van der Waals surface area contributed by atoms with Crippen LogP contribution in [0.1, 0.15) is 26.2 Å². The van der Waals surface area contributed by atoms with E-state index in [4.69, 9.17) is 0 Å². The minimum absolute atomic E-state index is 0.185. The second-order valence-corrected chi connectivity index (χ2v) is 4.00. The van der Waals surface area contributed by atoms with Gasteiger partial charge in [-0.1, -0.05) is 6.92 Å². The maximum atomic E-state index is 14.0. The molecular formula is C9H15F4N. The summed E-state index contributed by atoms with van der Waals surface area (Å²) in [7, 11) is 0. The Labute approximate surface area is 80.9 Å². The van der Waals surface area contributed by atoms with E-state index in [0.717, 1.165) is 0 Å². The zero-order chi connectivity index (χ0) is 10.8. The molecule has 1 rings (SSSR count). The Hall–Kier alpha value is -0.320. The van der Waals surface area contributed by atoms with E-state index in [9.17, 15) is 17.6 Å². The summed E-state index contributed by atoms with van der Waals surface area (Å²) in [5, 5.41) is 2.97. The maximum absolute atomic E-state index is 14.0. The van der Waals surface area contributed by atoms with Gasteiger partial charge in [0.15, 0.2) is 0 Å². The maximum Gasteiger partial charge on any atom is 0.389 e. The molecule has 0 spiro atoms. The number of halogens is 4. The summed E-state index contributed by atoms with van der Waals surface area (Å²) in [5.74, 6) is -0.335. The van der Waals surface area contributed by atoms with Crippen LogP contribution >= 0.6 is 0 Å². The van der Waals surface area contributed by atoms with Crippen molar-refractivity contribution in [1.29, 1.82) is 0 Å². The molecule has 1 nitrogen and oxygen atoms in total. The molecule has 5 heteroatoms. The van der Waals surface area contributed by atoms with E-state index in [1.54, 1.807) is 6.92 Å². The normalized spacial score (nSPS) is 34.5. The molecular weight excluding hydrogens is 198 g/mol. The number of piperidine rings is 1. The molecule has 1 aliphatic heterocycles. The van der Waals surface area contributed by atoms with Crippen molar-refractivity contribution in [3.63, 3.8) is 0 Å². The average molecular weight is 213 g/mol. The fourth-order valence-electron chi connectivity index (χ4n) is 1.77. The van der Waals surface area contributed by atoms with Crippen LogP contribution in [0.2, 0.25) is 0 Å². The minimum atomic E-state index is -4.25. The number of alkyl halides is 4. The Balaban J connectivity index is 2.47. The van der Waals surface area contributed by atoms with Crippen LogP contribution in [0.5, 0.6) is 0 Å². The second-order valence-electron chi connectivity index (χ2n) is 4.00. The van der Waals surface area contributed by atoms with Gasteiger partial charge in [0.1, 0.15) is 5.67 Å². The fraction of sp³-hybridized carbons (Fsp3) is 1.00. The molecule has 1 heterocycles. The Kier molecular flexibility index (Phi) is 3.40. The smallest absolute Gasteiger partial charge is 0.316 e. The van der Waals surface area contributed by atoms with Gasteiger partial charge in [0.2, 0.25) is 0 Å².